The Morgan fingerprint density at radius 1 is 1.45 bits per heavy atom. The molecule has 1 unspecified atom stereocenters. The molecule has 1 aliphatic heterocycles. The molecule has 1 saturated heterocycles. The van der Waals surface area contributed by atoms with Crippen LogP contribution >= 0.6 is 0 Å². The van der Waals surface area contributed by atoms with Gasteiger partial charge in [-0.3, -0.25) is 0 Å². The number of hydrogen-bond donors (Lipinski definition) is 2. The molecule has 1 aromatic rings. The van der Waals surface area contributed by atoms with Crippen LogP contribution in [0.5, 0.6) is 0 Å². The van der Waals surface area contributed by atoms with Crippen LogP contribution in [0, 0.1) is 5.82 Å². The Bertz CT molecular complexity index is 577. The van der Waals surface area contributed by atoms with E-state index < -0.39 is 15.8 Å². The van der Waals surface area contributed by atoms with Crippen molar-refractivity contribution in [1.29, 1.82) is 0 Å². The number of benzene rings is 1. The summed E-state index contributed by atoms with van der Waals surface area (Å²) in [7, 11) is -1.80. The van der Waals surface area contributed by atoms with Gasteiger partial charge in [0.1, 0.15) is 5.82 Å². The highest BCUT2D eigenvalue weighted by Crippen LogP contribution is 2.20. The van der Waals surface area contributed by atoms with E-state index in [1.54, 1.807) is 0 Å². The lowest BCUT2D eigenvalue weighted by Crippen LogP contribution is -2.40. The first-order valence-electron chi connectivity index (χ1n) is 6.64. The molecule has 0 saturated carbocycles. The summed E-state index contributed by atoms with van der Waals surface area (Å²) in [6.07, 6.45) is 3.47. The summed E-state index contributed by atoms with van der Waals surface area (Å²) in [4.78, 5) is 2.04. The second kappa shape index (κ2) is 6.07. The second-order valence-electron chi connectivity index (χ2n) is 5.20. The molecule has 1 fully saturated rings. The molecular formula is C13H20FN3O2S. The molecule has 1 atom stereocenters. The van der Waals surface area contributed by atoms with E-state index in [0.717, 1.165) is 19.0 Å². The number of likely N-dealkylation sites (tertiary alicyclic amines) is 1. The molecule has 20 heavy (non-hydrogen) atoms. The molecule has 7 heteroatoms. The molecule has 0 radical (unpaired) electrons. The maximum Gasteiger partial charge on any atom is 0.238 e. The van der Waals surface area contributed by atoms with Gasteiger partial charge in [-0.1, -0.05) is 6.42 Å². The Labute approximate surface area is 119 Å². The van der Waals surface area contributed by atoms with Crippen LogP contribution in [0.2, 0.25) is 0 Å². The largest absolute Gasteiger partial charge is 0.381 e. The average Bonchev–Trinajstić information content (AvgIpc) is 2.38. The molecule has 2 rings (SSSR count). The van der Waals surface area contributed by atoms with Gasteiger partial charge >= 0.3 is 0 Å². The smallest absolute Gasteiger partial charge is 0.238 e. The molecule has 3 N–H and O–H groups in total. The maximum atomic E-state index is 13.8. The highest BCUT2D eigenvalue weighted by molar-refractivity contribution is 7.89. The Morgan fingerprint density at radius 3 is 2.80 bits per heavy atom. The van der Waals surface area contributed by atoms with Crippen LogP contribution in [0.15, 0.2) is 23.1 Å². The number of nitrogens with zero attached hydrogens (tertiary/aromatic N) is 1. The zero-order valence-electron chi connectivity index (χ0n) is 11.5. The van der Waals surface area contributed by atoms with E-state index in [1.807, 2.05) is 0 Å². The topological polar surface area (TPSA) is 75.4 Å². The number of nitrogens with two attached hydrogens (primary N) is 1. The Morgan fingerprint density at radius 2 is 2.20 bits per heavy atom. The lowest BCUT2D eigenvalue weighted by molar-refractivity contribution is 0.194. The van der Waals surface area contributed by atoms with Crippen molar-refractivity contribution in [2.24, 2.45) is 5.14 Å². The van der Waals surface area contributed by atoms with Crippen molar-refractivity contribution in [3.05, 3.63) is 24.0 Å². The van der Waals surface area contributed by atoms with Crippen molar-refractivity contribution < 1.29 is 12.8 Å². The minimum atomic E-state index is -3.86. The number of primary sulfonamides is 1. The standard InChI is InChI=1S/C13H20FN3O2S/c1-17-7-3-2-4-10(17)9-16-13-6-5-11(8-12(13)14)20(15,18)19/h5-6,8,10,16H,2-4,7,9H2,1H3,(H2,15,18,19). The molecule has 0 aromatic heterocycles. The summed E-state index contributed by atoms with van der Waals surface area (Å²) in [6, 6.07) is 4.05. The quantitative estimate of drug-likeness (QED) is 0.881. The van der Waals surface area contributed by atoms with Gasteiger partial charge in [-0.15, -0.1) is 0 Å². The van der Waals surface area contributed by atoms with Gasteiger partial charge in [0.2, 0.25) is 10.0 Å². The Balaban J connectivity index is 2.03. The first-order valence-corrected chi connectivity index (χ1v) is 8.19. The molecular weight excluding hydrogens is 281 g/mol. The highest BCUT2D eigenvalue weighted by atomic mass is 32.2. The molecule has 0 aliphatic carbocycles. The fourth-order valence-corrected chi connectivity index (χ4v) is 2.97. The first-order chi connectivity index (χ1) is 9.38. The monoisotopic (exact) mass is 301 g/mol. The zero-order chi connectivity index (χ0) is 14.8. The maximum absolute atomic E-state index is 13.8. The van der Waals surface area contributed by atoms with Crippen LogP contribution in [0.4, 0.5) is 10.1 Å². The van der Waals surface area contributed by atoms with Crippen molar-refractivity contribution in [1.82, 2.24) is 4.90 Å². The molecule has 112 valence electrons. The van der Waals surface area contributed by atoms with Crippen LogP contribution in [0.25, 0.3) is 0 Å². The number of halogens is 1. The van der Waals surface area contributed by atoms with Gasteiger partial charge in [0.15, 0.2) is 0 Å². The van der Waals surface area contributed by atoms with Crippen molar-refractivity contribution >= 4 is 15.7 Å². The summed E-state index contributed by atoms with van der Waals surface area (Å²) in [6.45, 7) is 1.70. The van der Waals surface area contributed by atoms with Crippen LogP contribution in [-0.2, 0) is 10.0 Å². The number of piperidine rings is 1. The van der Waals surface area contributed by atoms with Crippen molar-refractivity contribution in [3.8, 4) is 0 Å². The third kappa shape index (κ3) is 3.68. The molecule has 1 heterocycles. The lowest BCUT2D eigenvalue weighted by Gasteiger charge is -2.32. The van der Waals surface area contributed by atoms with E-state index in [9.17, 15) is 12.8 Å². The third-order valence-corrected chi connectivity index (χ3v) is 4.63. The molecule has 5 nitrogen and oxygen atoms in total. The summed E-state index contributed by atoms with van der Waals surface area (Å²) < 4.78 is 36.1. The van der Waals surface area contributed by atoms with Crippen LogP contribution < -0.4 is 10.5 Å². The highest BCUT2D eigenvalue weighted by Gasteiger charge is 2.19. The predicted octanol–water partition coefficient (Wildman–Crippen LogP) is 1.37. The molecule has 1 aliphatic rings. The summed E-state index contributed by atoms with van der Waals surface area (Å²) in [5, 5.41) is 8.00. The number of hydrogen-bond acceptors (Lipinski definition) is 4. The fourth-order valence-electron chi connectivity index (χ4n) is 2.45. The summed E-state index contributed by atoms with van der Waals surface area (Å²) in [5.41, 5.74) is 0.302. The van der Waals surface area contributed by atoms with E-state index in [1.165, 1.54) is 25.0 Å². The van der Waals surface area contributed by atoms with Gasteiger partial charge in [-0.25, -0.2) is 17.9 Å². The van der Waals surface area contributed by atoms with Gasteiger partial charge in [0.25, 0.3) is 0 Å². The number of likely N-dealkylation sites (N-methyl/N-ethyl adjacent to an activating group) is 1. The average molecular weight is 301 g/mol. The summed E-state index contributed by atoms with van der Waals surface area (Å²) >= 11 is 0. The molecule has 0 bridgehead atoms. The van der Waals surface area contributed by atoms with E-state index in [-0.39, 0.29) is 4.90 Å². The van der Waals surface area contributed by atoms with E-state index in [4.69, 9.17) is 5.14 Å². The van der Waals surface area contributed by atoms with Crippen molar-refractivity contribution in [2.45, 2.75) is 30.2 Å². The van der Waals surface area contributed by atoms with Crippen LogP contribution in [0.1, 0.15) is 19.3 Å². The molecule has 0 amide bonds. The van der Waals surface area contributed by atoms with E-state index in [0.29, 0.717) is 18.3 Å². The van der Waals surface area contributed by atoms with Gasteiger partial charge in [0.05, 0.1) is 10.6 Å². The minimum Gasteiger partial charge on any atom is -0.381 e. The Kier molecular flexibility index (Phi) is 4.62. The van der Waals surface area contributed by atoms with E-state index >= 15 is 0 Å². The number of anilines is 1. The predicted molar refractivity (Wildman–Crippen MR) is 76.5 cm³/mol. The second-order valence-corrected chi connectivity index (χ2v) is 6.76. The van der Waals surface area contributed by atoms with Gasteiger partial charge in [0, 0.05) is 12.6 Å². The molecule has 0 spiro atoms. The van der Waals surface area contributed by atoms with Crippen LogP contribution in [-0.4, -0.2) is 39.5 Å². The van der Waals surface area contributed by atoms with Gasteiger partial charge in [-0.2, -0.15) is 0 Å². The number of rotatable bonds is 4. The fraction of sp³-hybridized carbons (Fsp3) is 0.538. The normalized spacial score (nSPS) is 20.9. The minimum absolute atomic E-state index is 0.213. The van der Waals surface area contributed by atoms with Crippen molar-refractivity contribution in [3.63, 3.8) is 0 Å². The third-order valence-electron chi connectivity index (χ3n) is 3.72. The van der Waals surface area contributed by atoms with Gasteiger partial charge in [-0.05, 0) is 44.6 Å². The summed E-state index contributed by atoms with van der Waals surface area (Å²) in [5.74, 6) is -0.602. The van der Waals surface area contributed by atoms with Crippen LogP contribution in [0.3, 0.4) is 0 Å². The lowest BCUT2D eigenvalue weighted by atomic mass is 10.0. The first kappa shape index (κ1) is 15.2. The van der Waals surface area contributed by atoms with Crippen molar-refractivity contribution in [2.75, 3.05) is 25.5 Å². The van der Waals surface area contributed by atoms with Gasteiger partial charge < -0.3 is 10.2 Å². The SMILES string of the molecule is CN1CCCCC1CNc1ccc(S(N)(=O)=O)cc1F. The number of sulfonamides is 1. The zero-order valence-corrected chi connectivity index (χ0v) is 12.3. The number of nitrogens with one attached hydrogen (secondary N) is 1. The van der Waals surface area contributed by atoms with E-state index in [2.05, 4.69) is 17.3 Å². The Hall–Kier alpha value is -1.18. The molecule has 1 aromatic carbocycles.